The van der Waals surface area contributed by atoms with Crippen LogP contribution in [0.3, 0.4) is 0 Å². The Bertz CT molecular complexity index is 1240. The van der Waals surface area contributed by atoms with Gasteiger partial charge in [-0.3, -0.25) is 9.59 Å². The van der Waals surface area contributed by atoms with Crippen molar-refractivity contribution in [2.75, 3.05) is 24.4 Å². The summed E-state index contributed by atoms with van der Waals surface area (Å²) < 4.78 is 20.0. The molecule has 0 spiro atoms. The maximum atomic E-state index is 13.8. The number of amides is 2. The van der Waals surface area contributed by atoms with E-state index in [0.29, 0.717) is 22.9 Å². The quantitative estimate of drug-likeness (QED) is 0.443. The minimum Gasteiger partial charge on any atom is -0.375 e. The molecule has 0 fully saturated rings. The molecule has 0 aliphatic rings. The Kier molecular flexibility index (Phi) is 6.34. The molecule has 0 aliphatic carbocycles. The van der Waals surface area contributed by atoms with Crippen LogP contribution in [-0.4, -0.2) is 40.3 Å². The van der Waals surface area contributed by atoms with Gasteiger partial charge in [0.2, 0.25) is 11.7 Å². The minimum atomic E-state index is -0.519. The van der Waals surface area contributed by atoms with Crippen LogP contribution in [0.5, 0.6) is 0 Å². The zero-order valence-electron chi connectivity index (χ0n) is 16.9. The first-order valence-electron chi connectivity index (χ1n) is 9.50. The van der Waals surface area contributed by atoms with Gasteiger partial charge < -0.3 is 15.4 Å². The van der Waals surface area contributed by atoms with E-state index in [0.717, 1.165) is 4.88 Å². The molecule has 2 heterocycles. The number of hydrogen-bond donors (Lipinski definition) is 2. The average Bonchev–Trinajstić information content (AvgIpc) is 3.45. The summed E-state index contributed by atoms with van der Waals surface area (Å²) in [5.41, 5.74) is 1.52. The molecule has 10 heteroatoms. The molecule has 0 saturated heterocycles. The SMILES string of the molecule is COCC(=O)Nc1ccc(NC(=O)c2nc(-c3cccs3)n(-c3cccc(F)c3)n2)cc1. The second-order valence-corrected chi connectivity index (χ2v) is 7.59. The first-order valence-corrected chi connectivity index (χ1v) is 10.4. The lowest BCUT2D eigenvalue weighted by Crippen LogP contribution is -2.17. The lowest BCUT2D eigenvalue weighted by atomic mass is 10.2. The van der Waals surface area contributed by atoms with Gasteiger partial charge in [-0.15, -0.1) is 16.4 Å². The molecule has 2 aromatic carbocycles. The molecule has 4 rings (SSSR count). The van der Waals surface area contributed by atoms with Crippen LogP contribution in [-0.2, 0) is 9.53 Å². The van der Waals surface area contributed by atoms with Gasteiger partial charge in [-0.05, 0) is 53.9 Å². The highest BCUT2D eigenvalue weighted by Crippen LogP contribution is 2.26. The lowest BCUT2D eigenvalue weighted by Gasteiger charge is -2.06. The van der Waals surface area contributed by atoms with Crippen molar-refractivity contribution in [1.82, 2.24) is 14.8 Å². The summed E-state index contributed by atoms with van der Waals surface area (Å²) >= 11 is 1.44. The first kappa shape index (κ1) is 21.3. The average molecular weight is 451 g/mol. The van der Waals surface area contributed by atoms with Gasteiger partial charge in [0.15, 0.2) is 5.82 Å². The van der Waals surface area contributed by atoms with E-state index in [-0.39, 0.29) is 18.3 Å². The van der Waals surface area contributed by atoms with Gasteiger partial charge in [0.25, 0.3) is 5.91 Å². The third kappa shape index (κ3) is 4.88. The Morgan fingerprint density at radius 2 is 1.81 bits per heavy atom. The van der Waals surface area contributed by atoms with Gasteiger partial charge in [-0.2, -0.15) is 0 Å². The standard InChI is InChI=1S/C22H18FN5O3S/c1-31-13-19(29)24-15-7-9-16(10-8-15)25-22(30)20-26-21(18-6-3-11-32-18)28(27-20)17-5-2-4-14(23)12-17/h2-12H,13H2,1H3,(H,24,29)(H,25,30). The van der Waals surface area contributed by atoms with Crippen molar-refractivity contribution < 1.29 is 18.7 Å². The van der Waals surface area contributed by atoms with Crippen molar-refractivity contribution in [2.45, 2.75) is 0 Å². The summed E-state index contributed by atoms with van der Waals surface area (Å²) in [5, 5.41) is 11.6. The minimum absolute atomic E-state index is 0.0509. The second-order valence-electron chi connectivity index (χ2n) is 6.64. The van der Waals surface area contributed by atoms with Crippen LogP contribution in [0.15, 0.2) is 66.0 Å². The predicted molar refractivity (Wildman–Crippen MR) is 120 cm³/mol. The zero-order valence-corrected chi connectivity index (χ0v) is 17.7. The maximum Gasteiger partial charge on any atom is 0.295 e. The Hall–Kier alpha value is -3.89. The number of ether oxygens (including phenoxy) is 1. The van der Waals surface area contributed by atoms with Gasteiger partial charge in [0, 0.05) is 18.5 Å². The third-order valence-electron chi connectivity index (χ3n) is 4.31. The highest BCUT2D eigenvalue weighted by molar-refractivity contribution is 7.13. The van der Waals surface area contributed by atoms with Crippen molar-refractivity contribution >= 4 is 34.5 Å². The second kappa shape index (κ2) is 9.50. The molecule has 2 aromatic heterocycles. The van der Waals surface area contributed by atoms with Crippen molar-refractivity contribution in [1.29, 1.82) is 0 Å². The van der Waals surface area contributed by atoms with E-state index in [4.69, 9.17) is 4.74 Å². The van der Waals surface area contributed by atoms with E-state index >= 15 is 0 Å². The van der Waals surface area contributed by atoms with Crippen LogP contribution >= 0.6 is 11.3 Å². The van der Waals surface area contributed by atoms with Gasteiger partial charge in [0.1, 0.15) is 12.4 Å². The zero-order chi connectivity index (χ0) is 22.5. The molecule has 162 valence electrons. The fraction of sp³-hybridized carbons (Fsp3) is 0.0909. The number of hydrogen-bond acceptors (Lipinski definition) is 6. The number of nitrogens with zero attached hydrogens (tertiary/aromatic N) is 3. The number of halogens is 1. The largest absolute Gasteiger partial charge is 0.375 e. The van der Waals surface area contributed by atoms with E-state index in [9.17, 15) is 14.0 Å². The van der Waals surface area contributed by atoms with Crippen LogP contribution in [0.25, 0.3) is 16.4 Å². The maximum absolute atomic E-state index is 13.8. The number of methoxy groups -OCH3 is 1. The third-order valence-corrected chi connectivity index (χ3v) is 5.17. The van der Waals surface area contributed by atoms with E-state index in [2.05, 4.69) is 20.7 Å². The Balaban J connectivity index is 1.56. The lowest BCUT2D eigenvalue weighted by molar-refractivity contribution is -0.119. The van der Waals surface area contributed by atoms with Gasteiger partial charge in [-0.1, -0.05) is 12.1 Å². The summed E-state index contributed by atoms with van der Waals surface area (Å²) in [6, 6.07) is 16.2. The summed E-state index contributed by atoms with van der Waals surface area (Å²) in [6.45, 7) is -0.0509. The molecule has 0 atom stereocenters. The van der Waals surface area contributed by atoms with Crippen LogP contribution in [0.2, 0.25) is 0 Å². The molecular formula is C22H18FN5O3S. The smallest absolute Gasteiger partial charge is 0.295 e. The molecular weight excluding hydrogens is 433 g/mol. The number of thiophene rings is 1. The highest BCUT2D eigenvalue weighted by Gasteiger charge is 2.20. The number of benzene rings is 2. The van der Waals surface area contributed by atoms with Crippen molar-refractivity contribution in [3.8, 4) is 16.4 Å². The number of aromatic nitrogens is 3. The van der Waals surface area contributed by atoms with E-state index < -0.39 is 11.7 Å². The Labute approximate surface area is 186 Å². The normalized spacial score (nSPS) is 10.7. The highest BCUT2D eigenvalue weighted by atomic mass is 32.1. The van der Waals surface area contributed by atoms with Crippen molar-refractivity contribution in [3.05, 3.63) is 77.7 Å². The number of rotatable bonds is 7. The number of carbonyl (C=O) groups excluding carboxylic acids is 2. The fourth-order valence-corrected chi connectivity index (χ4v) is 3.61. The van der Waals surface area contributed by atoms with Crippen LogP contribution in [0, 0.1) is 5.82 Å². The summed E-state index contributed by atoms with van der Waals surface area (Å²) in [4.78, 5) is 29.5. The van der Waals surface area contributed by atoms with Gasteiger partial charge >= 0.3 is 0 Å². The fourth-order valence-electron chi connectivity index (χ4n) is 2.91. The molecule has 0 bridgehead atoms. The first-order chi connectivity index (χ1) is 15.5. The molecule has 0 aliphatic heterocycles. The molecule has 4 aromatic rings. The molecule has 0 saturated carbocycles. The van der Waals surface area contributed by atoms with E-state index in [1.54, 1.807) is 36.4 Å². The number of anilines is 2. The van der Waals surface area contributed by atoms with Crippen LogP contribution < -0.4 is 10.6 Å². The summed E-state index contributed by atoms with van der Waals surface area (Å²) in [6.07, 6.45) is 0. The van der Waals surface area contributed by atoms with Gasteiger partial charge in [-0.25, -0.2) is 14.1 Å². The van der Waals surface area contributed by atoms with Crippen molar-refractivity contribution in [3.63, 3.8) is 0 Å². The van der Waals surface area contributed by atoms with Crippen LogP contribution in [0.4, 0.5) is 15.8 Å². The molecule has 2 amide bonds. The monoisotopic (exact) mass is 451 g/mol. The van der Waals surface area contributed by atoms with E-state index in [1.807, 2.05) is 17.5 Å². The number of carbonyl (C=O) groups is 2. The molecule has 32 heavy (non-hydrogen) atoms. The predicted octanol–water partition coefficient (Wildman–Crippen LogP) is 3.97. The topological polar surface area (TPSA) is 98.1 Å². The Morgan fingerprint density at radius 1 is 1.06 bits per heavy atom. The van der Waals surface area contributed by atoms with Gasteiger partial charge in [0.05, 0.1) is 10.6 Å². The van der Waals surface area contributed by atoms with Crippen LogP contribution in [0.1, 0.15) is 10.6 Å². The molecule has 8 nitrogen and oxygen atoms in total. The molecule has 0 radical (unpaired) electrons. The number of nitrogens with one attached hydrogen (secondary N) is 2. The summed E-state index contributed by atoms with van der Waals surface area (Å²) in [7, 11) is 1.44. The Morgan fingerprint density at radius 3 is 2.47 bits per heavy atom. The van der Waals surface area contributed by atoms with Crippen molar-refractivity contribution in [2.24, 2.45) is 0 Å². The molecule has 2 N–H and O–H groups in total. The molecule has 0 unspecified atom stereocenters. The summed E-state index contributed by atoms with van der Waals surface area (Å²) in [5.74, 6) is -0.840. The van der Waals surface area contributed by atoms with E-state index in [1.165, 1.54) is 35.3 Å².